The molecule has 2 N–H and O–H groups in total. The van der Waals surface area contributed by atoms with Crippen molar-refractivity contribution < 1.29 is 45.0 Å². The molecule has 0 radical (unpaired) electrons. The van der Waals surface area contributed by atoms with Gasteiger partial charge in [0.25, 0.3) is 10.0 Å². The molecule has 3 rings (SSSR count). The average molecular weight is 562 g/mol. The minimum atomic E-state index is -4.91. The number of halogens is 3. The van der Waals surface area contributed by atoms with E-state index in [1.165, 1.54) is 32.4 Å². The molecule has 3 aromatic rings. The van der Waals surface area contributed by atoms with E-state index in [0.29, 0.717) is 28.0 Å². The summed E-state index contributed by atoms with van der Waals surface area (Å²) in [5, 5.41) is 8.83. The first kappa shape index (κ1) is 27.5. The van der Waals surface area contributed by atoms with Crippen LogP contribution < -0.4 is 18.7 Å². The molecule has 192 valence electrons. The molecular weight excluding hydrogens is 544 g/mol. The predicted octanol–water partition coefficient (Wildman–Crippen LogP) is 4.82. The number of methoxy groups -OCH3 is 2. The van der Waals surface area contributed by atoms with Crippen LogP contribution in [0.4, 0.5) is 13.2 Å². The van der Waals surface area contributed by atoms with Gasteiger partial charge in [-0.2, -0.15) is 23.2 Å². The predicted molar refractivity (Wildman–Crippen MR) is 125 cm³/mol. The Morgan fingerprint density at radius 1 is 1.14 bits per heavy atom. The van der Waals surface area contributed by atoms with Crippen LogP contribution in [-0.4, -0.2) is 33.8 Å². The monoisotopic (exact) mass is 562 g/mol. The zero-order valence-corrected chi connectivity index (χ0v) is 21.1. The van der Waals surface area contributed by atoms with Gasteiger partial charge in [-0.3, -0.25) is 0 Å². The van der Waals surface area contributed by atoms with Gasteiger partial charge in [-0.05, 0) is 42.5 Å². The largest absolute Gasteiger partial charge is 0.493 e. The number of hydrogen-bond donors (Lipinski definition) is 2. The Kier molecular flexibility index (Phi) is 8.02. The van der Waals surface area contributed by atoms with Crippen molar-refractivity contribution in [3.05, 3.63) is 59.7 Å². The molecule has 0 aliphatic rings. The first-order valence-corrected chi connectivity index (χ1v) is 13.8. The Labute approximate surface area is 208 Å². The van der Waals surface area contributed by atoms with Crippen LogP contribution in [0.15, 0.2) is 52.7 Å². The molecule has 0 saturated carbocycles. The Balaban J connectivity index is 1.78. The van der Waals surface area contributed by atoms with Crippen molar-refractivity contribution in [3.8, 4) is 33.8 Å². The maximum Gasteiger partial charge on any atom is 0.417 e. The highest BCUT2D eigenvalue weighted by Gasteiger charge is 2.35. The molecule has 2 aromatic carbocycles. The van der Waals surface area contributed by atoms with Crippen LogP contribution in [0.1, 0.15) is 11.1 Å². The smallest absolute Gasteiger partial charge is 0.417 e. The summed E-state index contributed by atoms with van der Waals surface area (Å²) >= 11 is 0.851. The average Bonchev–Trinajstić information content (AvgIpc) is 3.33. The number of nitrogens with one attached hydrogen (secondary N) is 1. The number of benzene rings is 2. The summed E-state index contributed by atoms with van der Waals surface area (Å²) in [5.74, 6) is 0.156. The molecular formula is C21H18F3N2O7PS2. The van der Waals surface area contributed by atoms with E-state index < -0.39 is 47.0 Å². The second kappa shape index (κ2) is 10.5. The van der Waals surface area contributed by atoms with Gasteiger partial charge in [-0.1, -0.05) is 6.07 Å². The molecule has 0 amide bonds. The third kappa shape index (κ3) is 6.18. The maximum atomic E-state index is 13.1. The fourth-order valence-corrected chi connectivity index (χ4v) is 6.91. The number of alkyl halides is 3. The molecule has 0 spiro atoms. The normalized spacial score (nSPS) is 13.5. The lowest BCUT2D eigenvalue weighted by Crippen LogP contribution is -2.25. The van der Waals surface area contributed by atoms with Gasteiger partial charge >= 0.3 is 13.8 Å². The number of nitrogens with zero attached hydrogens (tertiary/aromatic N) is 1. The SMILES string of the molecule is COc1cccc(-c2ccc(S(=O)(=O)NCP(=O)(O)Oc3ccc(C#N)c(C(F)(F)F)c3)s2)c1OC. The first-order valence-electron chi connectivity index (χ1n) is 9.75. The molecule has 0 fully saturated rings. The fourth-order valence-electron chi connectivity index (χ4n) is 3.04. The van der Waals surface area contributed by atoms with Gasteiger partial charge in [0.2, 0.25) is 0 Å². The standard InChI is InChI=1S/C21H18F3N2O7PS2/c1-31-17-5-3-4-15(20(17)32-2)18-8-9-19(35-18)36(29,30)26-12-34(27,28)33-14-7-6-13(11-25)16(10-14)21(22,23)24/h3-10,26H,12H2,1-2H3,(H,27,28). The lowest BCUT2D eigenvalue weighted by molar-refractivity contribution is -0.137. The lowest BCUT2D eigenvalue weighted by Gasteiger charge is -2.16. The Hall–Kier alpha value is -3.08. The Morgan fingerprint density at radius 3 is 2.47 bits per heavy atom. The summed E-state index contributed by atoms with van der Waals surface area (Å²) in [6, 6.07) is 11.3. The number of para-hydroxylation sites is 1. The topological polar surface area (TPSA) is 135 Å². The summed E-state index contributed by atoms with van der Waals surface area (Å²) in [5.41, 5.74) is -1.51. The summed E-state index contributed by atoms with van der Waals surface area (Å²) in [4.78, 5) is 10.5. The van der Waals surface area contributed by atoms with E-state index in [1.807, 2.05) is 4.72 Å². The van der Waals surface area contributed by atoms with E-state index >= 15 is 0 Å². The van der Waals surface area contributed by atoms with Crippen molar-refractivity contribution >= 4 is 29.0 Å². The van der Waals surface area contributed by atoms with Gasteiger partial charge in [-0.25, -0.2) is 13.0 Å². The third-order valence-electron chi connectivity index (χ3n) is 4.63. The molecule has 1 heterocycles. The molecule has 0 saturated heterocycles. The van der Waals surface area contributed by atoms with Crippen LogP contribution in [0.25, 0.3) is 10.4 Å². The van der Waals surface area contributed by atoms with Crippen LogP contribution >= 0.6 is 18.9 Å². The summed E-state index contributed by atoms with van der Waals surface area (Å²) in [7, 11) is -6.18. The van der Waals surface area contributed by atoms with Crippen LogP contribution in [0.5, 0.6) is 17.2 Å². The van der Waals surface area contributed by atoms with Gasteiger partial charge in [0.05, 0.1) is 31.4 Å². The molecule has 36 heavy (non-hydrogen) atoms. The van der Waals surface area contributed by atoms with Gasteiger partial charge < -0.3 is 18.9 Å². The van der Waals surface area contributed by atoms with Crippen LogP contribution in [0.2, 0.25) is 0 Å². The van der Waals surface area contributed by atoms with Crippen molar-refractivity contribution in [1.29, 1.82) is 5.26 Å². The minimum absolute atomic E-state index is 0.194. The number of hydrogen-bond acceptors (Lipinski definition) is 8. The summed E-state index contributed by atoms with van der Waals surface area (Å²) in [6.07, 6.45) is -6.03. The summed E-state index contributed by atoms with van der Waals surface area (Å²) < 4.78 is 94.2. The number of sulfonamides is 1. The molecule has 1 atom stereocenters. The molecule has 0 aliphatic heterocycles. The molecule has 0 bridgehead atoms. The second-order valence-electron chi connectivity index (χ2n) is 7.01. The zero-order valence-electron chi connectivity index (χ0n) is 18.6. The van der Waals surface area contributed by atoms with Crippen LogP contribution in [0, 0.1) is 11.3 Å². The highest BCUT2D eigenvalue weighted by Crippen LogP contribution is 2.45. The number of nitriles is 1. The van der Waals surface area contributed by atoms with E-state index in [4.69, 9.17) is 19.3 Å². The van der Waals surface area contributed by atoms with E-state index in [2.05, 4.69) is 0 Å². The zero-order chi connectivity index (χ0) is 26.7. The third-order valence-corrected chi connectivity index (χ3v) is 8.91. The Bertz CT molecular complexity index is 1470. The number of thiophene rings is 1. The molecule has 1 aromatic heterocycles. The Morgan fingerprint density at radius 2 is 1.86 bits per heavy atom. The highest BCUT2D eigenvalue weighted by atomic mass is 32.2. The quantitative estimate of drug-likeness (QED) is 0.355. The van der Waals surface area contributed by atoms with E-state index in [1.54, 1.807) is 18.2 Å². The minimum Gasteiger partial charge on any atom is -0.493 e. The number of rotatable bonds is 9. The van der Waals surface area contributed by atoms with E-state index in [-0.39, 0.29) is 4.21 Å². The van der Waals surface area contributed by atoms with Gasteiger partial charge in [0.15, 0.2) is 11.5 Å². The molecule has 15 heteroatoms. The van der Waals surface area contributed by atoms with E-state index in [0.717, 1.165) is 23.5 Å². The second-order valence-corrected chi connectivity index (χ2v) is 11.9. The van der Waals surface area contributed by atoms with Gasteiger partial charge in [0, 0.05) is 10.4 Å². The lowest BCUT2D eigenvalue weighted by atomic mass is 10.1. The van der Waals surface area contributed by atoms with Crippen LogP contribution in [0.3, 0.4) is 0 Å². The van der Waals surface area contributed by atoms with Gasteiger partial charge in [-0.15, -0.1) is 11.3 Å². The molecule has 9 nitrogen and oxygen atoms in total. The molecule has 0 aliphatic carbocycles. The van der Waals surface area contributed by atoms with Crippen molar-refractivity contribution in [2.24, 2.45) is 0 Å². The fraction of sp³-hybridized carbons (Fsp3) is 0.190. The highest BCUT2D eigenvalue weighted by molar-refractivity contribution is 7.92. The van der Waals surface area contributed by atoms with E-state index in [9.17, 15) is 31.0 Å². The molecule has 1 unspecified atom stereocenters. The van der Waals surface area contributed by atoms with Gasteiger partial charge in [0.1, 0.15) is 16.2 Å². The van der Waals surface area contributed by atoms with Crippen molar-refractivity contribution in [1.82, 2.24) is 4.72 Å². The van der Waals surface area contributed by atoms with Crippen molar-refractivity contribution in [2.45, 2.75) is 10.4 Å². The van der Waals surface area contributed by atoms with Crippen LogP contribution in [-0.2, 0) is 20.8 Å². The summed E-state index contributed by atoms with van der Waals surface area (Å²) in [6.45, 7) is 0. The maximum absolute atomic E-state index is 13.1. The van der Waals surface area contributed by atoms with Crippen molar-refractivity contribution in [3.63, 3.8) is 0 Å². The number of ether oxygens (including phenoxy) is 2. The first-order chi connectivity index (χ1) is 16.8. The van der Waals surface area contributed by atoms with Crippen molar-refractivity contribution in [2.75, 3.05) is 20.5 Å².